The van der Waals surface area contributed by atoms with Gasteiger partial charge in [-0.3, -0.25) is 0 Å². The van der Waals surface area contributed by atoms with Gasteiger partial charge in [-0.05, 0) is 19.3 Å². The van der Waals surface area contributed by atoms with Crippen molar-refractivity contribution < 1.29 is 17.2 Å². The molecular weight excluding hydrogens is 212 g/mol. The molecule has 1 rings (SSSR count). The van der Waals surface area contributed by atoms with E-state index in [4.69, 9.17) is 0 Å². The predicted octanol–water partition coefficient (Wildman–Crippen LogP) is 1.66. The first kappa shape index (κ1) is 11.8. The van der Waals surface area contributed by atoms with E-state index in [-0.39, 0.29) is 18.5 Å². The summed E-state index contributed by atoms with van der Waals surface area (Å²) in [5, 5.41) is 0. The molecule has 1 fully saturated rings. The summed E-state index contributed by atoms with van der Waals surface area (Å²) in [6.07, 6.45) is 1.52. The van der Waals surface area contributed by atoms with E-state index in [0.717, 1.165) is 10.7 Å². The van der Waals surface area contributed by atoms with E-state index in [1.54, 1.807) is 6.92 Å². The van der Waals surface area contributed by atoms with Crippen LogP contribution < -0.4 is 0 Å². The summed E-state index contributed by atoms with van der Waals surface area (Å²) in [5.74, 6) is -3.07. The summed E-state index contributed by atoms with van der Waals surface area (Å²) < 4.78 is 47.8. The first-order valence-corrected chi connectivity index (χ1v) is 6.18. The van der Waals surface area contributed by atoms with Crippen LogP contribution in [0.15, 0.2) is 0 Å². The van der Waals surface area contributed by atoms with Gasteiger partial charge in [0.1, 0.15) is 0 Å². The Labute approximate surface area is 83.1 Å². The largest absolute Gasteiger partial charge is 0.350 e. The first-order valence-electron chi connectivity index (χ1n) is 4.68. The zero-order valence-corrected chi connectivity index (χ0v) is 9.10. The van der Waals surface area contributed by atoms with E-state index >= 15 is 0 Å². The van der Waals surface area contributed by atoms with Gasteiger partial charge < -0.3 is 0 Å². The molecule has 0 aromatic rings. The van der Waals surface area contributed by atoms with E-state index in [0.29, 0.717) is 6.42 Å². The molecule has 1 heterocycles. The van der Waals surface area contributed by atoms with Crippen LogP contribution in [-0.4, -0.2) is 31.1 Å². The number of hydrogen-bond acceptors (Lipinski definition) is 2. The SMILES string of the molecule is CCC1CC(C)N(S(=O)(=O)C(F)F)C1. The Morgan fingerprint density at radius 1 is 1.50 bits per heavy atom. The van der Waals surface area contributed by atoms with Crippen molar-refractivity contribution in [1.29, 1.82) is 0 Å². The summed E-state index contributed by atoms with van der Waals surface area (Å²) in [6, 6.07) is -0.293. The van der Waals surface area contributed by atoms with Crippen molar-refractivity contribution in [2.45, 2.75) is 38.5 Å². The molecule has 1 aliphatic rings. The molecule has 0 bridgehead atoms. The van der Waals surface area contributed by atoms with Crippen molar-refractivity contribution >= 4 is 10.0 Å². The third-order valence-electron chi connectivity index (χ3n) is 2.73. The smallest absolute Gasteiger partial charge is 0.206 e. The average molecular weight is 227 g/mol. The second kappa shape index (κ2) is 4.10. The van der Waals surface area contributed by atoms with Gasteiger partial charge in [0.25, 0.3) is 10.0 Å². The van der Waals surface area contributed by atoms with Crippen LogP contribution in [0.4, 0.5) is 8.78 Å². The molecule has 0 aromatic heterocycles. The third-order valence-corrected chi connectivity index (χ3v) is 4.35. The van der Waals surface area contributed by atoms with Gasteiger partial charge in [0, 0.05) is 12.6 Å². The van der Waals surface area contributed by atoms with E-state index in [9.17, 15) is 17.2 Å². The Morgan fingerprint density at radius 3 is 2.43 bits per heavy atom. The number of nitrogens with zero attached hydrogens (tertiary/aromatic N) is 1. The lowest BCUT2D eigenvalue weighted by Crippen LogP contribution is -2.37. The Bertz CT molecular complexity index is 292. The highest BCUT2D eigenvalue weighted by atomic mass is 32.2. The van der Waals surface area contributed by atoms with Gasteiger partial charge in [0.2, 0.25) is 0 Å². The molecule has 0 N–H and O–H groups in total. The summed E-state index contributed by atoms with van der Waals surface area (Å²) >= 11 is 0. The standard InChI is InChI=1S/C8H15F2NO2S/c1-3-7-4-6(2)11(5-7)14(12,13)8(9)10/h6-8H,3-5H2,1-2H3. The lowest BCUT2D eigenvalue weighted by atomic mass is 10.0. The molecule has 2 unspecified atom stereocenters. The van der Waals surface area contributed by atoms with Gasteiger partial charge in [-0.15, -0.1) is 0 Å². The van der Waals surface area contributed by atoms with Crippen LogP contribution in [0.5, 0.6) is 0 Å². The average Bonchev–Trinajstić information content (AvgIpc) is 2.47. The molecular formula is C8H15F2NO2S. The molecule has 2 atom stereocenters. The fourth-order valence-corrected chi connectivity index (χ4v) is 3.07. The number of alkyl halides is 2. The lowest BCUT2D eigenvalue weighted by molar-refractivity contribution is 0.217. The van der Waals surface area contributed by atoms with Crippen molar-refractivity contribution in [3.63, 3.8) is 0 Å². The van der Waals surface area contributed by atoms with Crippen LogP contribution in [0.1, 0.15) is 26.7 Å². The van der Waals surface area contributed by atoms with Gasteiger partial charge in [-0.1, -0.05) is 13.3 Å². The van der Waals surface area contributed by atoms with Crippen molar-refractivity contribution in [3.8, 4) is 0 Å². The minimum absolute atomic E-state index is 0.221. The third kappa shape index (κ3) is 2.06. The molecule has 0 spiro atoms. The van der Waals surface area contributed by atoms with Gasteiger partial charge in [-0.2, -0.15) is 13.1 Å². The van der Waals surface area contributed by atoms with Gasteiger partial charge >= 0.3 is 5.76 Å². The quantitative estimate of drug-likeness (QED) is 0.735. The molecule has 6 heteroatoms. The number of rotatable bonds is 3. The van der Waals surface area contributed by atoms with E-state index in [1.165, 1.54) is 0 Å². The van der Waals surface area contributed by atoms with Gasteiger partial charge in [0.05, 0.1) is 0 Å². The maximum absolute atomic E-state index is 12.2. The van der Waals surface area contributed by atoms with Crippen molar-refractivity contribution in [3.05, 3.63) is 0 Å². The molecule has 84 valence electrons. The van der Waals surface area contributed by atoms with Crippen LogP contribution >= 0.6 is 0 Å². The summed E-state index contributed by atoms with van der Waals surface area (Å²) in [7, 11) is -4.37. The Balaban J connectivity index is 2.80. The Kier molecular flexibility index (Phi) is 3.47. The fourth-order valence-electron chi connectivity index (χ4n) is 1.86. The highest BCUT2D eigenvalue weighted by molar-refractivity contribution is 7.89. The summed E-state index contributed by atoms with van der Waals surface area (Å²) in [4.78, 5) is 0. The number of sulfonamides is 1. The van der Waals surface area contributed by atoms with Crippen LogP contribution in [0, 0.1) is 5.92 Å². The molecule has 0 amide bonds. The maximum Gasteiger partial charge on any atom is 0.350 e. The monoisotopic (exact) mass is 227 g/mol. The van der Waals surface area contributed by atoms with Gasteiger partial charge in [-0.25, -0.2) is 8.42 Å². The predicted molar refractivity (Wildman–Crippen MR) is 49.5 cm³/mol. The number of halogens is 2. The second-order valence-corrected chi connectivity index (χ2v) is 5.59. The van der Waals surface area contributed by atoms with Crippen molar-refractivity contribution in [1.82, 2.24) is 4.31 Å². The van der Waals surface area contributed by atoms with E-state index in [1.807, 2.05) is 6.92 Å². The molecule has 0 aliphatic carbocycles. The van der Waals surface area contributed by atoms with E-state index in [2.05, 4.69) is 0 Å². The lowest BCUT2D eigenvalue weighted by Gasteiger charge is -2.19. The molecule has 0 aromatic carbocycles. The molecule has 1 saturated heterocycles. The Hall–Kier alpha value is -0.230. The van der Waals surface area contributed by atoms with Crippen molar-refractivity contribution in [2.24, 2.45) is 5.92 Å². The maximum atomic E-state index is 12.2. The molecule has 3 nitrogen and oxygen atoms in total. The second-order valence-electron chi connectivity index (χ2n) is 3.73. The summed E-state index contributed by atoms with van der Waals surface area (Å²) in [5.41, 5.74) is 0. The molecule has 1 aliphatic heterocycles. The number of hydrogen-bond donors (Lipinski definition) is 0. The fraction of sp³-hybridized carbons (Fsp3) is 1.00. The normalized spacial score (nSPS) is 30.1. The molecule has 0 saturated carbocycles. The van der Waals surface area contributed by atoms with Crippen LogP contribution in [0.3, 0.4) is 0 Å². The highest BCUT2D eigenvalue weighted by Gasteiger charge is 2.40. The minimum Gasteiger partial charge on any atom is -0.206 e. The zero-order chi connectivity index (χ0) is 10.9. The van der Waals surface area contributed by atoms with Crippen molar-refractivity contribution in [2.75, 3.05) is 6.54 Å². The minimum atomic E-state index is -4.37. The van der Waals surface area contributed by atoms with Gasteiger partial charge in [0.15, 0.2) is 0 Å². The topological polar surface area (TPSA) is 37.4 Å². The summed E-state index contributed by atoms with van der Waals surface area (Å²) in [6.45, 7) is 3.86. The van der Waals surface area contributed by atoms with Crippen LogP contribution in [0.25, 0.3) is 0 Å². The molecule has 0 radical (unpaired) electrons. The zero-order valence-electron chi connectivity index (χ0n) is 8.28. The Morgan fingerprint density at radius 2 is 2.07 bits per heavy atom. The van der Waals surface area contributed by atoms with Crippen LogP contribution in [0.2, 0.25) is 0 Å². The molecule has 14 heavy (non-hydrogen) atoms. The van der Waals surface area contributed by atoms with Crippen LogP contribution in [-0.2, 0) is 10.0 Å². The first-order chi connectivity index (χ1) is 6.39. The van der Waals surface area contributed by atoms with E-state index < -0.39 is 15.8 Å². The highest BCUT2D eigenvalue weighted by Crippen LogP contribution is 2.29.